The Hall–Kier alpha value is -1.80. The van der Waals surface area contributed by atoms with Gasteiger partial charge in [0.2, 0.25) is 0 Å². The van der Waals surface area contributed by atoms with Crippen LogP contribution in [0.15, 0.2) is 27.0 Å². The van der Waals surface area contributed by atoms with Gasteiger partial charge >= 0.3 is 0 Å². The number of rotatable bonds is 7. The first kappa shape index (κ1) is 20.5. The van der Waals surface area contributed by atoms with Gasteiger partial charge in [-0.2, -0.15) is 0 Å². The number of ether oxygens (including phenoxy) is 2. The van der Waals surface area contributed by atoms with Crippen molar-refractivity contribution in [1.29, 1.82) is 0 Å². The fraction of sp³-hybridized carbons (Fsp3) is 0.444. The second kappa shape index (κ2) is 9.78. The fourth-order valence-electron chi connectivity index (χ4n) is 2.31. The summed E-state index contributed by atoms with van der Waals surface area (Å²) in [6.45, 7) is 5.54. The Bertz CT molecular complexity index is 762. The molecule has 2 rings (SSSR count). The number of hydrogen-bond donors (Lipinski definition) is 2. The van der Waals surface area contributed by atoms with E-state index in [-0.39, 0.29) is 0 Å². The van der Waals surface area contributed by atoms with E-state index in [1.807, 2.05) is 12.1 Å². The second-order valence-corrected chi connectivity index (χ2v) is 7.71. The summed E-state index contributed by atoms with van der Waals surface area (Å²) in [5.74, 6) is 2.53. The van der Waals surface area contributed by atoms with Crippen LogP contribution in [0.25, 0.3) is 0 Å². The van der Waals surface area contributed by atoms with Crippen molar-refractivity contribution in [2.75, 3.05) is 21.3 Å². The SMILES string of the molecule is CN=C(NCc1cc(Br)c(OC)c(OC)c1)NCc1nc(C(C)C)cs1. The second-order valence-electron chi connectivity index (χ2n) is 5.91. The summed E-state index contributed by atoms with van der Waals surface area (Å²) in [7, 11) is 5.00. The Morgan fingerprint density at radius 2 is 1.96 bits per heavy atom. The number of halogens is 1. The summed E-state index contributed by atoms with van der Waals surface area (Å²) in [5.41, 5.74) is 2.18. The van der Waals surface area contributed by atoms with Crippen LogP contribution in [0.4, 0.5) is 0 Å². The molecule has 0 saturated carbocycles. The average Bonchev–Trinajstić information content (AvgIpc) is 3.10. The van der Waals surface area contributed by atoms with Gasteiger partial charge in [0.1, 0.15) is 5.01 Å². The summed E-state index contributed by atoms with van der Waals surface area (Å²) in [5, 5.41) is 9.75. The van der Waals surface area contributed by atoms with Gasteiger partial charge in [-0.05, 0) is 39.5 Å². The van der Waals surface area contributed by atoms with Crippen molar-refractivity contribution in [2.45, 2.75) is 32.9 Å². The number of nitrogens with one attached hydrogen (secondary N) is 2. The Morgan fingerprint density at radius 3 is 2.54 bits per heavy atom. The van der Waals surface area contributed by atoms with Crippen molar-refractivity contribution >= 4 is 33.2 Å². The van der Waals surface area contributed by atoms with Crippen LogP contribution in [-0.2, 0) is 13.1 Å². The molecule has 2 N–H and O–H groups in total. The monoisotopic (exact) mass is 440 g/mol. The molecule has 1 aromatic carbocycles. The molecule has 1 heterocycles. The topological polar surface area (TPSA) is 67.8 Å². The van der Waals surface area contributed by atoms with E-state index in [9.17, 15) is 0 Å². The molecular formula is C18H25BrN4O2S. The fourth-order valence-corrected chi connectivity index (χ4v) is 3.86. The van der Waals surface area contributed by atoms with Gasteiger partial charge < -0.3 is 20.1 Å². The first-order valence-corrected chi connectivity index (χ1v) is 9.95. The van der Waals surface area contributed by atoms with E-state index >= 15 is 0 Å². The molecule has 0 radical (unpaired) electrons. The molecule has 0 aliphatic heterocycles. The summed E-state index contributed by atoms with van der Waals surface area (Å²) < 4.78 is 11.6. The van der Waals surface area contributed by atoms with E-state index in [0.29, 0.717) is 30.5 Å². The molecule has 0 bridgehead atoms. The number of thiazole rings is 1. The van der Waals surface area contributed by atoms with Crippen molar-refractivity contribution in [1.82, 2.24) is 15.6 Å². The third kappa shape index (κ3) is 5.35. The summed E-state index contributed by atoms with van der Waals surface area (Å²) >= 11 is 5.18. The smallest absolute Gasteiger partial charge is 0.191 e. The van der Waals surface area contributed by atoms with Gasteiger partial charge in [0.05, 0.1) is 30.9 Å². The lowest BCUT2D eigenvalue weighted by atomic mass is 10.2. The molecule has 0 aliphatic carbocycles. The molecule has 8 heteroatoms. The summed E-state index contributed by atoms with van der Waals surface area (Å²) in [6.07, 6.45) is 0. The molecule has 0 fully saturated rings. The van der Waals surface area contributed by atoms with Gasteiger partial charge in [0, 0.05) is 19.0 Å². The molecule has 0 unspecified atom stereocenters. The van der Waals surface area contributed by atoms with Crippen LogP contribution in [0.3, 0.4) is 0 Å². The van der Waals surface area contributed by atoms with Gasteiger partial charge in [-0.1, -0.05) is 13.8 Å². The van der Waals surface area contributed by atoms with E-state index in [0.717, 1.165) is 26.7 Å². The summed E-state index contributed by atoms with van der Waals surface area (Å²) in [6, 6.07) is 3.94. The van der Waals surface area contributed by atoms with Crippen molar-refractivity contribution in [2.24, 2.45) is 4.99 Å². The van der Waals surface area contributed by atoms with Crippen LogP contribution in [0.5, 0.6) is 11.5 Å². The molecular weight excluding hydrogens is 416 g/mol. The number of benzene rings is 1. The summed E-state index contributed by atoms with van der Waals surface area (Å²) in [4.78, 5) is 8.89. The maximum absolute atomic E-state index is 5.38. The Labute approximate surface area is 167 Å². The number of guanidine groups is 1. The van der Waals surface area contributed by atoms with Crippen molar-refractivity contribution in [3.05, 3.63) is 38.3 Å². The van der Waals surface area contributed by atoms with Gasteiger partial charge in [-0.3, -0.25) is 4.99 Å². The number of methoxy groups -OCH3 is 2. The minimum absolute atomic E-state index is 0.445. The Kier molecular flexibility index (Phi) is 7.71. The zero-order valence-electron chi connectivity index (χ0n) is 15.7. The lowest BCUT2D eigenvalue weighted by Gasteiger charge is -2.14. The lowest BCUT2D eigenvalue weighted by molar-refractivity contribution is 0.352. The highest BCUT2D eigenvalue weighted by molar-refractivity contribution is 9.10. The highest BCUT2D eigenvalue weighted by atomic mass is 79.9. The lowest BCUT2D eigenvalue weighted by Crippen LogP contribution is -2.36. The molecule has 0 aliphatic rings. The average molecular weight is 441 g/mol. The largest absolute Gasteiger partial charge is 0.493 e. The van der Waals surface area contributed by atoms with Gasteiger partial charge in [0.15, 0.2) is 17.5 Å². The van der Waals surface area contributed by atoms with Crippen LogP contribution >= 0.6 is 27.3 Å². The highest BCUT2D eigenvalue weighted by Crippen LogP contribution is 2.36. The number of hydrogen-bond acceptors (Lipinski definition) is 5. The van der Waals surface area contributed by atoms with Crippen molar-refractivity contribution in [3.8, 4) is 11.5 Å². The van der Waals surface area contributed by atoms with Crippen LogP contribution in [0, 0.1) is 0 Å². The number of aromatic nitrogens is 1. The zero-order chi connectivity index (χ0) is 19.1. The third-order valence-corrected chi connectivity index (χ3v) is 5.20. The quantitative estimate of drug-likeness (QED) is 0.504. The predicted molar refractivity (Wildman–Crippen MR) is 110 cm³/mol. The van der Waals surface area contributed by atoms with E-state index < -0.39 is 0 Å². The molecule has 6 nitrogen and oxygen atoms in total. The van der Waals surface area contributed by atoms with E-state index in [1.165, 1.54) is 0 Å². The minimum atomic E-state index is 0.445. The van der Waals surface area contributed by atoms with E-state index in [2.05, 4.69) is 55.8 Å². The van der Waals surface area contributed by atoms with E-state index in [1.54, 1.807) is 32.6 Å². The minimum Gasteiger partial charge on any atom is -0.493 e. The van der Waals surface area contributed by atoms with Crippen LogP contribution in [0.2, 0.25) is 0 Å². The normalized spacial score (nSPS) is 11.6. The predicted octanol–water partition coefficient (Wildman–Crippen LogP) is 3.91. The molecule has 26 heavy (non-hydrogen) atoms. The highest BCUT2D eigenvalue weighted by Gasteiger charge is 2.11. The van der Waals surface area contributed by atoms with Crippen molar-refractivity contribution < 1.29 is 9.47 Å². The first-order valence-electron chi connectivity index (χ1n) is 8.27. The third-order valence-electron chi connectivity index (χ3n) is 3.75. The van der Waals surface area contributed by atoms with E-state index in [4.69, 9.17) is 9.47 Å². The van der Waals surface area contributed by atoms with Gasteiger partial charge in [0.25, 0.3) is 0 Å². The van der Waals surface area contributed by atoms with Crippen LogP contribution < -0.4 is 20.1 Å². The van der Waals surface area contributed by atoms with Gasteiger partial charge in [-0.25, -0.2) is 4.98 Å². The van der Waals surface area contributed by atoms with Crippen LogP contribution in [0.1, 0.15) is 36.0 Å². The van der Waals surface area contributed by atoms with Crippen LogP contribution in [-0.4, -0.2) is 32.2 Å². The Balaban J connectivity index is 1.95. The zero-order valence-corrected chi connectivity index (χ0v) is 18.1. The molecule has 142 valence electrons. The molecule has 0 saturated heterocycles. The van der Waals surface area contributed by atoms with Crippen molar-refractivity contribution in [3.63, 3.8) is 0 Å². The molecule has 0 amide bonds. The first-order chi connectivity index (χ1) is 12.5. The molecule has 0 spiro atoms. The standard InChI is InChI=1S/C18H25BrN4O2S/c1-11(2)14-10-26-16(23-14)9-22-18(20-3)21-8-12-6-13(19)17(25-5)15(7-12)24-4/h6-7,10-11H,8-9H2,1-5H3,(H2,20,21,22). The molecule has 0 atom stereocenters. The maximum atomic E-state index is 5.38. The molecule has 2 aromatic rings. The number of nitrogens with zero attached hydrogens (tertiary/aromatic N) is 2. The maximum Gasteiger partial charge on any atom is 0.191 e. The number of aliphatic imine (C=N–C) groups is 1. The molecule has 1 aromatic heterocycles. The Morgan fingerprint density at radius 1 is 1.23 bits per heavy atom. The van der Waals surface area contributed by atoms with Gasteiger partial charge in [-0.15, -0.1) is 11.3 Å².